The van der Waals surface area contributed by atoms with Crippen molar-refractivity contribution in [1.29, 1.82) is 0 Å². The van der Waals surface area contributed by atoms with Crippen molar-refractivity contribution in [2.24, 2.45) is 0 Å². The summed E-state index contributed by atoms with van der Waals surface area (Å²) in [5, 5.41) is 1.10. The van der Waals surface area contributed by atoms with Crippen molar-refractivity contribution in [2.75, 3.05) is 33.0 Å². The molecular formula is C24H25N3O4. The molecule has 1 atom stereocenters. The minimum atomic E-state index is -0.175. The van der Waals surface area contributed by atoms with Crippen molar-refractivity contribution in [3.8, 4) is 11.5 Å². The number of carbonyl (C=O) groups excluding carboxylic acids is 2. The zero-order valence-corrected chi connectivity index (χ0v) is 17.5. The molecule has 160 valence electrons. The molecular weight excluding hydrogens is 394 g/mol. The Morgan fingerprint density at radius 3 is 2.55 bits per heavy atom. The number of fused-ring (bicyclic) bond motifs is 2. The molecule has 3 aromatic rings. The van der Waals surface area contributed by atoms with Crippen molar-refractivity contribution in [3.05, 3.63) is 59.8 Å². The summed E-state index contributed by atoms with van der Waals surface area (Å²) < 4.78 is 11.4. The number of piperazine rings is 1. The number of H-pyrrole nitrogens is 1. The van der Waals surface area contributed by atoms with Crippen LogP contribution in [-0.4, -0.2) is 59.6 Å². The fourth-order valence-corrected chi connectivity index (χ4v) is 4.57. The monoisotopic (exact) mass is 419 g/mol. The molecule has 2 amide bonds. The van der Waals surface area contributed by atoms with E-state index in [1.54, 1.807) is 11.8 Å². The number of carbonyl (C=O) groups is 2. The Morgan fingerprint density at radius 2 is 1.74 bits per heavy atom. The Morgan fingerprint density at radius 1 is 0.968 bits per heavy atom. The molecule has 3 heterocycles. The van der Waals surface area contributed by atoms with E-state index in [-0.39, 0.29) is 24.5 Å². The summed E-state index contributed by atoms with van der Waals surface area (Å²) in [6.07, 6.45) is 2.31. The lowest BCUT2D eigenvalue weighted by Gasteiger charge is -2.35. The molecule has 2 aliphatic heterocycles. The van der Waals surface area contributed by atoms with E-state index >= 15 is 0 Å². The minimum absolute atomic E-state index is 0.0563. The number of ether oxygens (including phenoxy) is 2. The first-order chi connectivity index (χ1) is 15.1. The van der Waals surface area contributed by atoms with Crippen LogP contribution in [0.2, 0.25) is 0 Å². The Bertz CT molecular complexity index is 1130. The van der Waals surface area contributed by atoms with Gasteiger partial charge < -0.3 is 24.3 Å². The lowest BCUT2D eigenvalue weighted by atomic mass is 9.87. The molecule has 1 N–H and O–H groups in total. The molecule has 2 aliphatic rings. The van der Waals surface area contributed by atoms with E-state index in [1.165, 1.54) is 0 Å². The van der Waals surface area contributed by atoms with E-state index in [4.69, 9.17) is 9.47 Å². The lowest BCUT2D eigenvalue weighted by Crippen LogP contribution is -2.50. The number of para-hydroxylation sites is 2. The smallest absolute Gasteiger partial charge is 0.231 e. The molecule has 0 spiro atoms. The van der Waals surface area contributed by atoms with Gasteiger partial charge in [0.25, 0.3) is 0 Å². The van der Waals surface area contributed by atoms with E-state index in [0.29, 0.717) is 44.1 Å². The first kappa shape index (κ1) is 19.5. The maximum atomic E-state index is 13.3. The molecule has 0 bridgehead atoms. The van der Waals surface area contributed by atoms with Gasteiger partial charge in [0, 0.05) is 68.1 Å². The summed E-state index contributed by atoms with van der Waals surface area (Å²) in [5.74, 6) is 1.39. The van der Waals surface area contributed by atoms with E-state index in [2.05, 4.69) is 11.1 Å². The molecule has 7 nitrogen and oxygen atoms in total. The Labute approximate surface area is 180 Å². The number of nitrogens with zero attached hydrogens (tertiary/aromatic N) is 2. The van der Waals surface area contributed by atoms with E-state index in [1.807, 2.05) is 47.5 Å². The minimum Gasteiger partial charge on any atom is -0.454 e. The summed E-state index contributed by atoms with van der Waals surface area (Å²) in [6, 6.07) is 14.0. The third kappa shape index (κ3) is 3.60. The molecule has 7 heteroatoms. The van der Waals surface area contributed by atoms with Crippen LogP contribution in [0.3, 0.4) is 0 Å². The topological polar surface area (TPSA) is 74.9 Å². The predicted molar refractivity (Wildman–Crippen MR) is 116 cm³/mol. The quantitative estimate of drug-likeness (QED) is 0.705. The van der Waals surface area contributed by atoms with E-state index < -0.39 is 0 Å². The Kier molecular flexibility index (Phi) is 5.02. The van der Waals surface area contributed by atoms with Gasteiger partial charge in [0.05, 0.1) is 0 Å². The Hall–Kier alpha value is -3.48. The molecule has 0 saturated carbocycles. The lowest BCUT2D eigenvalue weighted by molar-refractivity contribution is -0.138. The fourth-order valence-electron chi connectivity index (χ4n) is 4.57. The van der Waals surface area contributed by atoms with Gasteiger partial charge in [-0.05, 0) is 17.7 Å². The maximum Gasteiger partial charge on any atom is 0.231 e. The van der Waals surface area contributed by atoms with Gasteiger partial charge in [-0.3, -0.25) is 9.59 Å². The standard InChI is InChI=1S/C24H25N3O4/c1-16(28)26-9-11-27(12-10-26)23(29)13-19(18-6-4-8-22-24(18)31-15-30-22)20-14-25-21-7-3-2-5-17(20)21/h2-8,14,19,25H,9-13,15H2,1H3. The number of rotatable bonds is 4. The van der Waals surface area contributed by atoms with Gasteiger partial charge in [-0.1, -0.05) is 30.3 Å². The van der Waals surface area contributed by atoms with Crippen LogP contribution in [0, 0.1) is 0 Å². The molecule has 0 aliphatic carbocycles. The van der Waals surface area contributed by atoms with E-state index in [0.717, 1.165) is 22.0 Å². The number of hydrogen-bond acceptors (Lipinski definition) is 4. The second kappa shape index (κ2) is 7.98. The van der Waals surface area contributed by atoms with Gasteiger partial charge in [-0.15, -0.1) is 0 Å². The summed E-state index contributed by atoms with van der Waals surface area (Å²) >= 11 is 0. The predicted octanol–water partition coefficient (Wildman–Crippen LogP) is 3.11. The third-order valence-corrected chi connectivity index (χ3v) is 6.26. The highest BCUT2D eigenvalue weighted by molar-refractivity contribution is 5.86. The highest BCUT2D eigenvalue weighted by Gasteiger charge is 2.31. The van der Waals surface area contributed by atoms with Gasteiger partial charge in [0.1, 0.15) is 0 Å². The van der Waals surface area contributed by atoms with Crippen LogP contribution >= 0.6 is 0 Å². The van der Waals surface area contributed by atoms with Crippen LogP contribution in [0.25, 0.3) is 10.9 Å². The van der Waals surface area contributed by atoms with Gasteiger partial charge in [0.2, 0.25) is 18.6 Å². The van der Waals surface area contributed by atoms with Crippen LogP contribution in [0.5, 0.6) is 11.5 Å². The van der Waals surface area contributed by atoms with Crippen molar-refractivity contribution in [3.63, 3.8) is 0 Å². The molecule has 31 heavy (non-hydrogen) atoms. The molecule has 1 unspecified atom stereocenters. The van der Waals surface area contributed by atoms with Crippen LogP contribution in [0.1, 0.15) is 30.4 Å². The zero-order chi connectivity index (χ0) is 21.4. The zero-order valence-electron chi connectivity index (χ0n) is 17.5. The number of aromatic amines is 1. The summed E-state index contributed by atoms with van der Waals surface area (Å²) in [7, 11) is 0. The van der Waals surface area contributed by atoms with Gasteiger partial charge >= 0.3 is 0 Å². The first-order valence-corrected chi connectivity index (χ1v) is 10.6. The summed E-state index contributed by atoms with van der Waals surface area (Å²) in [4.78, 5) is 31.9. The maximum absolute atomic E-state index is 13.3. The van der Waals surface area contributed by atoms with Gasteiger partial charge in [-0.2, -0.15) is 0 Å². The van der Waals surface area contributed by atoms with Crippen molar-refractivity contribution < 1.29 is 19.1 Å². The molecule has 5 rings (SSSR count). The van der Waals surface area contributed by atoms with Gasteiger partial charge in [0.15, 0.2) is 11.5 Å². The van der Waals surface area contributed by atoms with Crippen molar-refractivity contribution in [1.82, 2.24) is 14.8 Å². The molecule has 1 fully saturated rings. The molecule has 1 saturated heterocycles. The molecule has 2 aromatic carbocycles. The second-order valence-electron chi connectivity index (χ2n) is 8.01. The number of hydrogen-bond donors (Lipinski definition) is 1. The fraction of sp³-hybridized carbons (Fsp3) is 0.333. The SMILES string of the molecule is CC(=O)N1CCN(C(=O)CC(c2cccc3c2OCO3)c2c[nH]c3ccccc23)CC1. The number of aromatic nitrogens is 1. The van der Waals surface area contributed by atoms with Crippen molar-refractivity contribution >= 4 is 22.7 Å². The highest BCUT2D eigenvalue weighted by atomic mass is 16.7. The molecule has 1 aromatic heterocycles. The third-order valence-electron chi connectivity index (χ3n) is 6.26. The van der Waals surface area contributed by atoms with Gasteiger partial charge in [-0.25, -0.2) is 0 Å². The first-order valence-electron chi connectivity index (χ1n) is 10.6. The van der Waals surface area contributed by atoms with E-state index in [9.17, 15) is 9.59 Å². The number of benzene rings is 2. The van der Waals surface area contributed by atoms with Crippen LogP contribution in [-0.2, 0) is 9.59 Å². The van der Waals surface area contributed by atoms with Crippen LogP contribution < -0.4 is 9.47 Å². The molecule has 0 radical (unpaired) electrons. The summed E-state index contributed by atoms with van der Waals surface area (Å²) in [5.41, 5.74) is 3.06. The van der Waals surface area contributed by atoms with Crippen LogP contribution in [0.4, 0.5) is 0 Å². The number of nitrogens with one attached hydrogen (secondary N) is 1. The Balaban J connectivity index is 1.48. The summed E-state index contributed by atoms with van der Waals surface area (Å²) in [6.45, 7) is 4.04. The highest BCUT2D eigenvalue weighted by Crippen LogP contribution is 2.44. The average Bonchev–Trinajstić information content (AvgIpc) is 3.44. The average molecular weight is 419 g/mol. The largest absolute Gasteiger partial charge is 0.454 e. The van der Waals surface area contributed by atoms with Crippen molar-refractivity contribution in [2.45, 2.75) is 19.3 Å². The van der Waals surface area contributed by atoms with Crippen LogP contribution in [0.15, 0.2) is 48.7 Å². The second-order valence-corrected chi connectivity index (χ2v) is 8.01. The number of amides is 2. The normalized spacial score (nSPS) is 16.5.